The van der Waals surface area contributed by atoms with Crippen molar-refractivity contribution in [2.24, 2.45) is 17.3 Å². The van der Waals surface area contributed by atoms with Crippen molar-refractivity contribution in [3.8, 4) is 10.4 Å². The van der Waals surface area contributed by atoms with Crippen LogP contribution in [0.4, 0.5) is 24.5 Å². The van der Waals surface area contributed by atoms with E-state index in [1.807, 2.05) is 124 Å². The first-order valence-electron chi connectivity index (χ1n) is 39.8. The van der Waals surface area contributed by atoms with Crippen LogP contribution in [0.15, 0.2) is 147 Å². The highest BCUT2D eigenvalue weighted by Gasteiger charge is 2.49. The van der Waals surface area contributed by atoms with Gasteiger partial charge in [-0.15, -0.1) is 23.1 Å². The van der Waals surface area contributed by atoms with Crippen LogP contribution in [0, 0.1) is 24.2 Å². The number of nitrogens with zero attached hydrogens (tertiary/aromatic N) is 6. The highest BCUT2D eigenvalue weighted by molar-refractivity contribution is 7.99. The summed E-state index contributed by atoms with van der Waals surface area (Å²) in [6, 6.07) is 35.3. The fourth-order valence-electron chi connectivity index (χ4n) is 16.9. The number of halogens is 4. The van der Waals surface area contributed by atoms with E-state index in [2.05, 4.69) is 64.7 Å². The van der Waals surface area contributed by atoms with Crippen molar-refractivity contribution in [1.82, 2.24) is 45.3 Å². The van der Waals surface area contributed by atoms with Gasteiger partial charge >= 0.3 is 5.51 Å². The minimum Gasteiger partial charge on any atom is -0.380 e. The molecule has 6 aliphatic rings. The van der Waals surface area contributed by atoms with Gasteiger partial charge in [0.05, 0.1) is 41.0 Å². The number of sulfone groups is 1. The summed E-state index contributed by atoms with van der Waals surface area (Å²) in [4.78, 5) is 85.4. The van der Waals surface area contributed by atoms with Crippen LogP contribution in [0.2, 0.25) is 5.02 Å². The molecule has 4 aliphatic heterocycles. The number of benzene rings is 5. The normalized spacial score (nSPS) is 21.4. The molecule has 12 rings (SSSR count). The largest absolute Gasteiger partial charge is 0.501 e. The number of aromatic nitrogens is 1. The van der Waals surface area contributed by atoms with E-state index in [1.54, 1.807) is 28.4 Å². The zero-order chi connectivity index (χ0) is 79.3. The summed E-state index contributed by atoms with van der Waals surface area (Å²) in [5.41, 5.74) is 3.75. The van der Waals surface area contributed by atoms with E-state index >= 15 is 0 Å². The van der Waals surface area contributed by atoms with E-state index in [4.69, 9.17) is 16.3 Å². The number of ether oxygens (including phenoxy) is 1. The first kappa shape index (κ1) is 84.4. The molecule has 5 N–H and O–H groups in total. The van der Waals surface area contributed by atoms with Gasteiger partial charge < -0.3 is 40.7 Å². The summed E-state index contributed by atoms with van der Waals surface area (Å²) in [5.74, 6) is 0.478. The van der Waals surface area contributed by atoms with Crippen molar-refractivity contribution in [1.29, 1.82) is 0 Å². The Hall–Kier alpha value is -7.01. The third-order valence-electron chi connectivity index (χ3n) is 23.4. The molecule has 0 spiro atoms. The number of hydrogen-bond acceptors (Lipinski definition) is 17. The van der Waals surface area contributed by atoms with Crippen LogP contribution in [-0.2, 0) is 33.8 Å². The smallest absolute Gasteiger partial charge is 0.380 e. The molecule has 27 heteroatoms. The number of likely N-dealkylation sites (tertiary alicyclic amines) is 2. The number of nitrogens with one attached hydrogen (secondary N) is 5. The van der Waals surface area contributed by atoms with Gasteiger partial charge in [-0.25, -0.2) is 13.4 Å². The summed E-state index contributed by atoms with van der Waals surface area (Å²) >= 11 is 10.3. The number of carbonyl (C=O) groups is 5. The lowest BCUT2D eigenvalue weighted by molar-refractivity contribution is -0.144. The van der Waals surface area contributed by atoms with Gasteiger partial charge in [0.1, 0.15) is 17.0 Å². The molecule has 5 atom stereocenters. The number of thioether (sulfide) groups is 1. The van der Waals surface area contributed by atoms with Crippen molar-refractivity contribution in [3.05, 3.63) is 160 Å². The minimum atomic E-state index is -5.80. The van der Waals surface area contributed by atoms with Crippen molar-refractivity contribution in [3.63, 3.8) is 0 Å². The Morgan fingerprint density at radius 1 is 0.759 bits per heavy atom. The standard InChI is InChI=1S/C85H109ClF3N11O8S4/c1-57(59-17-19-63(20-18-59)78-58(2)90-56-110-78)91-81(104)74-14-11-40-100(74)82(105)79(83(3,4)5)93-76(101)15-10-16-77(102)99-42-36-61(37-43-99)60-23-29-67(30-24-60)94-84(6)39-35-72(62-21-27-66(86)28-22-62)65(53-84)54-97-44-46-98(47-45-97)69-31-25-64(26-32-69)80(103)95-111-71-33-34-73(75(52-71)112(106,107)85(87,88)89)92-68(38-41-96-48-50-108-51-49-96)55-109-70-12-8-7-9-13-70/h7-9,12-13,17-22,25-28,31-34,52,56-57,60-61,67-68,74,79,92,94H,10-11,14-16,23-24,29-30,35-51,53-55H2,1-6H3,(H,91,104)(H,93,101)(H,95,103)/t57-,60?,67?,68+,74-,79?,84?/m0/s1. The van der Waals surface area contributed by atoms with Gasteiger partial charge in [0.15, 0.2) is 0 Å². The molecule has 19 nitrogen and oxygen atoms in total. The van der Waals surface area contributed by atoms with E-state index in [9.17, 15) is 45.6 Å². The fourth-order valence-corrected chi connectivity index (χ4v) is 20.5. The van der Waals surface area contributed by atoms with Gasteiger partial charge in [0.25, 0.3) is 15.7 Å². The third kappa shape index (κ3) is 22.1. The Balaban J connectivity index is 0.574. The number of amides is 5. The third-order valence-corrected chi connectivity index (χ3v) is 28.1. The molecule has 0 bridgehead atoms. The van der Waals surface area contributed by atoms with Gasteiger partial charge in [-0.05, 0) is 222 Å². The second-order valence-electron chi connectivity index (χ2n) is 32.5. The number of allylic oxidation sites excluding steroid dienone is 1. The molecular weight excluding hydrogens is 1520 g/mol. The highest BCUT2D eigenvalue weighted by atomic mass is 35.5. The number of alkyl halides is 3. The monoisotopic (exact) mass is 1630 g/mol. The summed E-state index contributed by atoms with van der Waals surface area (Å²) in [6.07, 6.45) is 11.9. The molecule has 112 heavy (non-hydrogen) atoms. The first-order chi connectivity index (χ1) is 53.6. The number of piperidine rings is 1. The molecule has 2 aliphatic carbocycles. The number of aryl methyl sites for hydroxylation is 1. The topological polar surface area (TPSA) is 218 Å². The Labute approximate surface area is 676 Å². The molecule has 5 fully saturated rings. The van der Waals surface area contributed by atoms with Crippen LogP contribution in [0.3, 0.4) is 0 Å². The Bertz CT molecular complexity index is 4330. The predicted molar refractivity (Wildman–Crippen MR) is 442 cm³/mol. The fraction of sp³-hybridized carbons (Fsp3) is 0.529. The zero-order valence-corrected chi connectivity index (χ0v) is 69.3. The van der Waals surface area contributed by atoms with Crippen molar-refractivity contribution in [2.75, 3.05) is 101 Å². The Morgan fingerprint density at radius 2 is 1.45 bits per heavy atom. The van der Waals surface area contributed by atoms with Crippen LogP contribution in [0.25, 0.3) is 16.0 Å². The predicted octanol–water partition coefficient (Wildman–Crippen LogP) is 15.3. The lowest BCUT2D eigenvalue weighted by atomic mass is 9.72. The van der Waals surface area contributed by atoms with Crippen molar-refractivity contribution < 1.29 is 50.3 Å². The second-order valence-corrected chi connectivity index (χ2v) is 37.7. The van der Waals surface area contributed by atoms with Gasteiger partial charge in [-0.1, -0.05) is 92.5 Å². The van der Waals surface area contributed by atoms with Gasteiger partial charge in [0, 0.05) is 134 Å². The second kappa shape index (κ2) is 38.2. The molecule has 0 radical (unpaired) electrons. The molecule has 5 heterocycles. The highest BCUT2D eigenvalue weighted by Crippen LogP contribution is 2.43. The van der Waals surface area contributed by atoms with Crippen molar-refractivity contribution in [2.45, 2.75) is 194 Å². The maximum Gasteiger partial charge on any atom is 0.501 e. The quantitative estimate of drug-likeness (QED) is 0.0218. The van der Waals surface area contributed by atoms with Crippen LogP contribution in [-0.4, -0.2) is 189 Å². The number of morpholine rings is 1. The maximum absolute atomic E-state index is 14.4. The summed E-state index contributed by atoms with van der Waals surface area (Å²) in [6.45, 7) is 21.3. The number of thiazole rings is 1. The van der Waals surface area contributed by atoms with E-state index in [0.29, 0.717) is 86.2 Å². The first-order valence-corrected chi connectivity index (χ1v) is 44.4. The molecule has 2 unspecified atom stereocenters. The molecule has 5 amide bonds. The van der Waals surface area contributed by atoms with E-state index in [1.165, 1.54) is 40.6 Å². The van der Waals surface area contributed by atoms with Crippen LogP contribution < -0.4 is 30.9 Å². The number of carbonyl (C=O) groups excluding carboxylic acids is 5. The maximum atomic E-state index is 14.4. The summed E-state index contributed by atoms with van der Waals surface area (Å²) in [5, 5.41) is 14.3. The van der Waals surface area contributed by atoms with Gasteiger partial charge in [0.2, 0.25) is 23.6 Å². The Morgan fingerprint density at radius 3 is 2.12 bits per heavy atom. The molecule has 1 aromatic heterocycles. The minimum absolute atomic E-state index is 0.0679. The number of piperazine rings is 1. The van der Waals surface area contributed by atoms with Gasteiger partial charge in [-0.3, -0.25) is 38.5 Å². The van der Waals surface area contributed by atoms with E-state index in [0.717, 1.165) is 167 Å². The molecule has 6 aromatic rings. The molecule has 5 aromatic carbocycles. The van der Waals surface area contributed by atoms with E-state index < -0.39 is 43.6 Å². The average Bonchev–Trinajstić information content (AvgIpc) is 0.841. The van der Waals surface area contributed by atoms with Crippen LogP contribution in [0.1, 0.15) is 164 Å². The summed E-state index contributed by atoms with van der Waals surface area (Å²) < 4.78 is 77.8. The lowest BCUT2D eigenvalue weighted by Gasteiger charge is -2.45. The molecular formula is C85H109ClF3N11O8S4. The lowest BCUT2D eigenvalue weighted by Crippen LogP contribution is -2.57. The zero-order valence-electron chi connectivity index (χ0n) is 65.3. The average molecular weight is 1630 g/mol. The molecule has 1 saturated carbocycles. The molecule has 604 valence electrons. The van der Waals surface area contributed by atoms with Crippen LogP contribution >= 0.6 is 46.6 Å². The molecule has 4 saturated heterocycles. The van der Waals surface area contributed by atoms with E-state index in [-0.39, 0.29) is 64.7 Å². The van der Waals surface area contributed by atoms with Gasteiger partial charge in [-0.2, -0.15) is 13.2 Å². The number of hydrogen-bond donors (Lipinski definition) is 5. The number of anilines is 2. The van der Waals surface area contributed by atoms with Crippen LogP contribution in [0.5, 0.6) is 0 Å². The van der Waals surface area contributed by atoms with Crippen molar-refractivity contribution >= 4 is 103 Å². The Kier molecular flexibility index (Phi) is 28.8. The number of rotatable bonds is 29. The SMILES string of the molecule is Cc1ncsc1-c1ccc([C@H](C)NC(=O)[C@@H]2CCCN2C(=O)C(NC(=O)CCCC(=O)N2CCC(C3CCC(NC4(C)CCC(c5ccc(Cl)cc5)=C(CN5CCN(c6ccc(C(=O)NSc7ccc(N[C@H](CCN8CCOCC8)CSc8ccccc8)c(S(=O)(=O)C(F)(F)F)c7)cc6)CC5)C4)CC3)CC2)C(C)(C)C)cc1. The summed E-state index contributed by atoms with van der Waals surface area (Å²) in [7, 11) is -5.80.